The van der Waals surface area contributed by atoms with E-state index in [1.54, 1.807) is 24.0 Å². The Kier molecular flexibility index (Phi) is 5.54. The van der Waals surface area contributed by atoms with E-state index in [0.717, 1.165) is 11.0 Å². The van der Waals surface area contributed by atoms with Crippen molar-refractivity contribution in [1.82, 2.24) is 9.55 Å². The Morgan fingerprint density at radius 1 is 1.19 bits per heavy atom. The van der Waals surface area contributed by atoms with Crippen LogP contribution in [-0.2, 0) is 14.3 Å². The number of nitrogens with zero attached hydrogens (tertiary/aromatic N) is 3. The molecule has 3 aromatic rings. The third-order valence-electron chi connectivity index (χ3n) is 5.48. The van der Waals surface area contributed by atoms with Crippen molar-refractivity contribution in [2.75, 3.05) is 25.2 Å². The zero-order chi connectivity index (χ0) is 22.1. The second kappa shape index (κ2) is 8.29. The number of ether oxygens (including phenoxy) is 2. The van der Waals surface area contributed by atoms with Gasteiger partial charge in [0.1, 0.15) is 0 Å². The minimum Gasteiger partial charge on any atom is -0.504 e. The molecule has 2 atom stereocenters. The molecule has 2 aromatic carbocycles. The van der Waals surface area contributed by atoms with E-state index in [4.69, 9.17) is 14.5 Å². The summed E-state index contributed by atoms with van der Waals surface area (Å²) in [6.07, 6.45) is 0.707. The Morgan fingerprint density at radius 3 is 2.65 bits per heavy atom. The van der Waals surface area contributed by atoms with E-state index in [1.807, 2.05) is 35.8 Å². The van der Waals surface area contributed by atoms with E-state index < -0.39 is 17.9 Å². The van der Waals surface area contributed by atoms with Gasteiger partial charge < -0.3 is 19.1 Å². The molecule has 0 fully saturated rings. The number of aromatic hydroxyl groups is 1. The van der Waals surface area contributed by atoms with Crippen molar-refractivity contribution in [3.63, 3.8) is 0 Å². The average Bonchev–Trinajstić information content (AvgIpc) is 3.14. The quantitative estimate of drug-likeness (QED) is 0.483. The highest BCUT2D eigenvalue weighted by molar-refractivity contribution is 6.08. The molecule has 8 heteroatoms. The van der Waals surface area contributed by atoms with Crippen LogP contribution in [0.2, 0.25) is 0 Å². The molecule has 4 rings (SSSR count). The number of fused-ring (bicyclic) bond motifs is 3. The van der Waals surface area contributed by atoms with Crippen molar-refractivity contribution in [3.05, 3.63) is 48.0 Å². The lowest BCUT2D eigenvalue weighted by atomic mass is 9.89. The van der Waals surface area contributed by atoms with Gasteiger partial charge in [-0.15, -0.1) is 0 Å². The van der Waals surface area contributed by atoms with Crippen LogP contribution in [0, 0.1) is 5.92 Å². The van der Waals surface area contributed by atoms with Gasteiger partial charge in [-0.3, -0.25) is 14.5 Å². The van der Waals surface area contributed by atoms with Gasteiger partial charge in [-0.2, -0.15) is 0 Å². The van der Waals surface area contributed by atoms with Crippen LogP contribution >= 0.6 is 0 Å². The first kappa shape index (κ1) is 20.7. The van der Waals surface area contributed by atoms with Gasteiger partial charge in [0.05, 0.1) is 30.8 Å². The number of rotatable bonds is 6. The second-order valence-corrected chi connectivity index (χ2v) is 7.37. The van der Waals surface area contributed by atoms with E-state index in [0.29, 0.717) is 30.2 Å². The summed E-state index contributed by atoms with van der Waals surface area (Å²) in [5.41, 5.74) is 2.10. The van der Waals surface area contributed by atoms with Crippen LogP contribution in [0.25, 0.3) is 11.0 Å². The molecule has 0 radical (unpaired) electrons. The fourth-order valence-corrected chi connectivity index (χ4v) is 4.18. The largest absolute Gasteiger partial charge is 0.504 e. The molecule has 162 valence electrons. The highest BCUT2D eigenvalue weighted by atomic mass is 16.5. The number of amides is 1. The Labute approximate surface area is 180 Å². The van der Waals surface area contributed by atoms with E-state index in [9.17, 15) is 14.7 Å². The monoisotopic (exact) mass is 423 g/mol. The molecule has 0 spiro atoms. The average molecular weight is 423 g/mol. The molecule has 1 N–H and O–H groups in total. The Balaban J connectivity index is 2.00. The number of aromatic nitrogens is 2. The lowest BCUT2D eigenvalue weighted by molar-refractivity contribution is -0.153. The molecule has 0 saturated carbocycles. The molecule has 1 aliphatic heterocycles. The SMILES string of the molecule is CCCN1C(=O)[C@@H](C(=O)OCC)[C@H](c2ccc(OC)c(O)c2)n2c1nc1ccccc12. The van der Waals surface area contributed by atoms with E-state index in [-0.39, 0.29) is 18.3 Å². The van der Waals surface area contributed by atoms with Gasteiger partial charge in [-0.25, -0.2) is 4.98 Å². The van der Waals surface area contributed by atoms with Crippen LogP contribution < -0.4 is 9.64 Å². The third kappa shape index (κ3) is 3.37. The summed E-state index contributed by atoms with van der Waals surface area (Å²) in [5, 5.41) is 10.4. The Morgan fingerprint density at radius 2 is 1.97 bits per heavy atom. The molecule has 1 aromatic heterocycles. The number of anilines is 1. The molecule has 31 heavy (non-hydrogen) atoms. The number of benzene rings is 2. The summed E-state index contributed by atoms with van der Waals surface area (Å²) in [4.78, 5) is 32.8. The zero-order valence-electron chi connectivity index (χ0n) is 17.7. The van der Waals surface area contributed by atoms with Crippen molar-refractivity contribution in [3.8, 4) is 11.5 Å². The second-order valence-electron chi connectivity index (χ2n) is 7.37. The maximum absolute atomic E-state index is 13.5. The minimum atomic E-state index is -1.11. The Bertz CT molecular complexity index is 1140. The van der Waals surface area contributed by atoms with Crippen molar-refractivity contribution in [1.29, 1.82) is 0 Å². The Hall–Kier alpha value is -3.55. The third-order valence-corrected chi connectivity index (χ3v) is 5.48. The number of carbonyl (C=O) groups excluding carboxylic acids is 2. The molecule has 0 aliphatic carbocycles. The number of methoxy groups -OCH3 is 1. The normalized spacial score (nSPS) is 18.2. The van der Waals surface area contributed by atoms with Crippen LogP contribution in [0.15, 0.2) is 42.5 Å². The summed E-state index contributed by atoms with van der Waals surface area (Å²) >= 11 is 0. The van der Waals surface area contributed by atoms with Crippen LogP contribution in [-0.4, -0.2) is 46.8 Å². The predicted molar refractivity (Wildman–Crippen MR) is 115 cm³/mol. The van der Waals surface area contributed by atoms with Crippen LogP contribution in [0.3, 0.4) is 0 Å². The van der Waals surface area contributed by atoms with Gasteiger partial charge in [0.2, 0.25) is 11.9 Å². The molecule has 0 unspecified atom stereocenters. The molecular weight excluding hydrogens is 398 g/mol. The molecule has 1 amide bonds. The van der Waals surface area contributed by atoms with E-state index >= 15 is 0 Å². The number of esters is 1. The van der Waals surface area contributed by atoms with Crippen LogP contribution in [0.1, 0.15) is 31.9 Å². The van der Waals surface area contributed by atoms with Crippen molar-refractivity contribution in [2.24, 2.45) is 5.92 Å². The van der Waals surface area contributed by atoms with Gasteiger partial charge in [0, 0.05) is 6.54 Å². The lowest BCUT2D eigenvalue weighted by Gasteiger charge is -2.37. The molecular formula is C23H25N3O5. The van der Waals surface area contributed by atoms with Crippen molar-refractivity contribution in [2.45, 2.75) is 26.3 Å². The molecule has 2 heterocycles. The first-order valence-electron chi connectivity index (χ1n) is 10.3. The maximum atomic E-state index is 13.5. The number of imidazole rings is 1. The fourth-order valence-electron chi connectivity index (χ4n) is 4.18. The number of hydrogen-bond acceptors (Lipinski definition) is 6. The first-order chi connectivity index (χ1) is 15.0. The van der Waals surface area contributed by atoms with Crippen molar-refractivity contribution < 1.29 is 24.2 Å². The standard InChI is InChI=1S/C23H25N3O5/c1-4-12-25-21(28)19(22(29)31-5-2)20(14-10-11-18(30-3)17(27)13-14)26-16-9-7-6-8-15(16)24-23(25)26/h6-11,13,19-20,27H,4-5,12H2,1-3H3/t19-,20-/m0/s1. The lowest BCUT2D eigenvalue weighted by Crippen LogP contribution is -2.50. The van der Waals surface area contributed by atoms with E-state index in [2.05, 4.69) is 0 Å². The molecule has 8 nitrogen and oxygen atoms in total. The summed E-state index contributed by atoms with van der Waals surface area (Å²) in [6.45, 7) is 4.27. The van der Waals surface area contributed by atoms with E-state index in [1.165, 1.54) is 13.2 Å². The minimum absolute atomic E-state index is 0.0722. The highest BCUT2D eigenvalue weighted by Crippen LogP contribution is 2.43. The number of carbonyl (C=O) groups is 2. The highest BCUT2D eigenvalue weighted by Gasteiger charge is 2.47. The van der Waals surface area contributed by atoms with Gasteiger partial charge in [-0.1, -0.05) is 25.1 Å². The van der Waals surface area contributed by atoms with Gasteiger partial charge in [0.25, 0.3) is 0 Å². The molecule has 1 aliphatic rings. The number of phenolic OH excluding ortho intramolecular Hbond substituents is 1. The zero-order valence-corrected chi connectivity index (χ0v) is 17.7. The number of phenols is 1. The van der Waals surface area contributed by atoms with Gasteiger partial charge in [0.15, 0.2) is 17.4 Å². The maximum Gasteiger partial charge on any atom is 0.321 e. The topological polar surface area (TPSA) is 93.9 Å². The smallest absolute Gasteiger partial charge is 0.321 e. The van der Waals surface area contributed by atoms with Gasteiger partial charge in [-0.05, 0) is 43.2 Å². The number of hydrogen-bond donors (Lipinski definition) is 1. The van der Waals surface area contributed by atoms with Crippen LogP contribution in [0.5, 0.6) is 11.5 Å². The molecule has 0 bridgehead atoms. The summed E-state index contributed by atoms with van der Waals surface area (Å²) in [5.74, 6) is -1.35. The summed E-state index contributed by atoms with van der Waals surface area (Å²) < 4.78 is 12.4. The van der Waals surface area contributed by atoms with Crippen LogP contribution in [0.4, 0.5) is 5.95 Å². The van der Waals surface area contributed by atoms with Crippen molar-refractivity contribution >= 4 is 28.9 Å². The molecule has 0 saturated heterocycles. The predicted octanol–water partition coefficient (Wildman–Crippen LogP) is 3.28. The number of para-hydroxylation sites is 2. The van der Waals surface area contributed by atoms with Gasteiger partial charge >= 0.3 is 5.97 Å². The first-order valence-corrected chi connectivity index (χ1v) is 10.3. The summed E-state index contributed by atoms with van der Waals surface area (Å²) in [6, 6.07) is 11.7. The summed E-state index contributed by atoms with van der Waals surface area (Å²) in [7, 11) is 1.46. The fraction of sp³-hybridized carbons (Fsp3) is 0.348.